The van der Waals surface area contributed by atoms with E-state index in [9.17, 15) is 18.8 Å². The number of benzene rings is 3. The van der Waals surface area contributed by atoms with Crippen molar-refractivity contribution in [3.8, 4) is 28.4 Å². The number of halogens is 2. The number of esters is 3. The van der Waals surface area contributed by atoms with Gasteiger partial charge in [-0.1, -0.05) is 32.2 Å². The summed E-state index contributed by atoms with van der Waals surface area (Å²) in [4.78, 5) is 35.2. The topological polar surface area (TPSA) is 97.4 Å². The third-order valence-corrected chi connectivity index (χ3v) is 7.28. The molecule has 4 rings (SSSR count). The molecule has 0 fully saturated rings. The summed E-state index contributed by atoms with van der Waals surface area (Å²) in [6.45, 7) is 8.95. The van der Waals surface area contributed by atoms with Crippen LogP contribution in [0.1, 0.15) is 65.8 Å². The van der Waals surface area contributed by atoms with E-state index in [4.69, 9.17) is 23.7 Å². The third kappa shape index (κ3) is 8.80. The first-order chi connectivity index (χ1) is 22.2. The number of alkyl halides is 1. The molecule has 8 nitrogen and oxygen atoms in total. The second-order valence-corrected chi connectivity index (χ2v) is 10.4. The maximum absolute atomic E-state index is 15.5. The Balaban J connectivity index is 1.29. The molecule has 1 atom stereocenters. The second-order valence-electron chi connectivity index (χ2n) is 10.4. The first-order valence-electron chi connectivity index (χ1n) is 15.1. The highest BCUT2D eigenvalue weighted by Gasteiger charge is 2.30. The van der Waals surface area contributed by atoms with Crippen LogP contribution in [0.4, 0.5) is 8.78 Å². The van der Waals surface area contributed by atoms with Gasteiger partial charge in [0.15, 0.2) is 6.17 Å². The number of carbonyl (C=O) groups is 3. The molecule has 1 aliphatic rings. The Morgan fingerprint density at radius 1 is 0.804 bits per heavy atom. The van der Waals surface area contributed by atoms with Gasteiger partial charge in [0.25, 0.3) is 0 Å². The Morgan fingerprint density at radius 2 is 1.48 bits per heavy atom. The molecule has 0 saturated carbocycles. The van der Waals surface area contributed by atoms with Gasteiger partial charge in [0.1, 0.15) is 30.5 Å². The maximum Gasteiger partial charge on any atom is 0.366 e. The van der Waals surface area contributed by atoms with Gasteiger partial charge in [0.05, 0.1) is 18.8 Å². The van der Waals surface area contributed by atoms with E-state index >= 15 is 4.39 Å². The van der Waals surface area contributed by atoms with Gasteiger partial charge in [-0.2, -0.15) is 4.39 Å². The van der Waals surface area contributed by atoms with Gasteiger partial charge in [-0.3, -0.25) is 0 Å². The number of unbranched alkanes of at least 4 members (excludes halogenated alkanes) is 3. The molecule has 242 valence electrons. The lowest BCUT2D eigenvalue weighted by Crippen LogP contribution is -2.10. The lowest BCUT2D eigenvalue weighted by Gasteiger charge is -2.13. The fraction of sp³-hybridized carbons (Fsp3) is 0.306. The Labute approximate surface area is 266 Å². The van der Waals surface area contributed by atoms with Crippen LogP contribution in [-0.2, 0) is 25.5 Å². The van der Waals surface area contributed by atoms with E-state index in [-0.39, 0.29) is 25.6 Å². The highest BCUT2D eigenvalue weighted by atomic mass is 19.1. The van der Waals surface area contributed by atoms with E-state index in [1.807, 2.05) is 6.92 Å². The molecular formula is C36H36F2O8. The van der Waals surface area contributed by atoms with Crippen molar-refractivity contribution in [3.63, 3.8) is 0 Å². The summed E-state index contributed by atoms with van der Waals surface area (Å²) >= 11 is 0. The molecule has 0 N–H and O–H groups in total. The summed E-state index contributed by atoms with van der Waals surface area (Å²) < 4.78 is 54.9. The highest BCUT2D eigenvalue weighted by molar-refractivity contribution is 5.92. The van der Waals surface area contributed by atoms with Gasteiger partial charge in [-0.25, -0.2) is 18.8 Å². The molecule has 0 aliphatic heterocycles. The van der Waals surface area contributed by atoms with Gasteiger partial charge in [-0.15, -0.1) is 0 Å². The Bertz CT molecular complexity index is 1600. The molecule has 0 bridgehead atoms. The van der Waals surface area contributed by atoms with Crippen molar-refractivity contribution in [1.29, 1.82) is 0 Å². The van der Waals surface area contributed by atoms with Crippen LogP contribution in [0.3, 0.4) is 0 Å². The maximum atomic E-state index is 15.5. The third-order valence-electron chi connectivity index (χ3n) is 7.28. The SMILES string of the molecule is C=CC(=O)OCCOc1ccc2c(c1)C(F)c1cc(OC(=O)c3ccc(OCCCCCCOC(=O)C(=C)F)c(CC)c3)ccc1-2. The standard InChI is InChI=1S/C36H36F2O8/c1-4-24-20-25(10-15-32(24)43-16-8-6-7-9-17-45-35(40)23(3)37)36(41)46-27-12-14-29-28-13-11-26(42-18-19-44-33(39)5-2)21-30(28)34(38)31(29)22-27/h5,10-15,20-22,34H,2-4,6-9,16-19H2,1H3. The summed E-state index contributed by atoms with van der Waals surface area (Å²) in [5.74, 6) is -1.91. The van der Waals surface area contributed by atoms with Crippen molar-refractivity contribution < 1.29 is 46.8 Å². The zero-order valence-electron chi connectivity index (χ0n) is 25.7. The van der Waals surface area contributed by atoms with Gasteiger partial charge >= 0.3 is 17.9 Å². The number of hydrogen-bond donors (Lipinski definition) is 0. The highest BCUT2D eigenvalue weighted by Crippen LogP contribution is 2.47. The quantitative estimate of drug-likeness (QED) is 0.0649. The van der Waals surface area contributed by atoms with Crippen LogP contribution < -0.4 is 14.2 Å². The lowest BCUT2D eigenvalue weighted by molar-refractivity contribution is -0.141. The number of ether oxygens (including phenoxy) is 5. The predicted molar refractivity (Wildman–Crippen MR) is 167 cm³/mol. The average Bonchev–Trinajstić information content (AvgIpc) is 3.33. The fourth-order valence-corrected chi connectivity index (χ4v) is 4.95. The van der Waals surface area contributed by atoms with Gasteiger partial charge in [-0.05, 0) is 91.3 Å². The first kappa shape index (κ1) is 33.9. The Hall–Kier alpha value is -4.99. The summed E-state index contributed by atoms with van der Waals surface area (Å²) in [5.41, 5.74) is 3.44. The molecule has 0 saturated heterocycles. The largest absolute Gasteiger partial charge is 0.493 e. The van der Waals surface area contributed by atoms with Crippen molar-refractivity contribution >= 4 is 17.9 Å². The van der Waals surface area contributed by atoms with Crippen LogP contribution in [0.15, 0.2) is 79.7 Å². The minimum absolute atomic E-state index is 0.0379. The predicted octanol–water partition coefficient (Wildman–Crippen LogP) is 7.58. The van der Waals surface area contributed by atoms with E-state index in [1.54, 1.807) is 48.5 Å². The molecule has 0 amide bonds. The molecule has 0 spiro atoms. The summed E-state index contributed by atoms with van der Waals surface area (Å²) in [7, 11) is 0. The number of hydrogen-bond acceptors (Lipinski definition) is 8. The summed E-state index contributed by atoms with van der Waals surface area (Å²) in [6.07, 6.45) is 3.29. The smallest absolute Gasteiger partial charge is 0.366 e. The second kappa shape index (κ2) is 16.4. The lowest BCUT2D eigenvalue weighted by atomic mass is 10.1. The van der Waals surface area contributed by atoms with Crippen LogP contribution >= 0.6 is 0 Å². The van der Waals surface area contributed by atoms with Crippen LogP contribution in [0.25, 0.3) is 11.1 Å². The Kier molecular flexibility index (Phi) is 12.1. The van der Waals surface area contributed by atoms with Crippen molar-refractivity contribution in [3.05, 3.63) is 102 Å². The van der Waals surface area contributed by atoms with Crippen LogP contribution in [0.5, 0.6) is 17.2 Å². The van der Waals surface area contributed by atoms with Crippen LogP contribution in [-0.4, -0.2) is 44.3 Å². The Morgan fingerprint density at radius 3 is 2.15 bits per heavy atom. The molecule has 3 aromatic carbocycles. The van der Waals surface area contributed by atoms with E-state index in [1.165, 1.54) is 6.07 Å². The monoisotopic (exact) mass is 634 g/mol. The van der Waals surface area contributed by atoms with Gasteiger partial charge < -0.3 is 23.7 Å². The first-order valence-corrected chi connectivity index (χ1v) is 15.1. The zero-order valence-corrected chi connectivity index (χ0v) is 25.7. The molecule has 10 heteroatoms. The molecule has 46 heavy (non-hydrogen) atoms. The minimum atomic E-state index is -1.44. The normalized spacial score (nSPS) is 12.8. The minimum Gasteiger partial charge on any atom is -0.493 e. The number of fused-ring (bicyclic) bond motifs is 3. The van der Waals surface area contributed by atoms with Gasteiger partial charge in [0.2, 0.25) is 5.83 Å². The average molecular weight is 635 g/mol. The van der Waals surface area contributed by atoms with E-state index < -0.39 is 29.9 Å². The van der Waals surface area contributed by atoms with Crippen LogP contribution in [0.2, 0.25) is 0 Å². The molecular weight excluding hydrogens is 598 g/mol. The van der Waals surface area contributed by atoms with Crippen molar-refractivity contribution in [1.82, 2.24) is 0 Å². The molecule has 0 radical (unpaired) electrons. The van der Waals surface area contributed by atoms with Crippen molar-refractivity contribution in [2.24, 2.45) is 0 Å². The van der Waals surface area contributed by atoms with Crippen LogP contribution in [0, 0.1) is 0 Å². The summed E-state index contributed by atoms with van der Waals surface area (Å²) in [5, 5.41) is 0. The van der Waals surface area contributed by atoms with Crippen molar-refractivity contribution in [2.75, 3.05) is 26.4 Å². The molecule has 3 aromatic rings. The molecule has 0 heterocycles. The number of carbonyl (C=O) groups excluding carboxylic acids is 3. The van der Waals surface area contributed by atoms with E-state index in [0.717, 1.165) is 36.5 Å². The molecule has 1 unspecified atom stereocenters. The number of aryl methyl sites for hydroxylation is 1. The van der Waals surface area contributed by atoms with Crippen molar-refractivity contribution in [2.45, 2.75) is 45.2 Å². The summed E-state index contributed by atoms with van der Waals surface area (Å²) in [6, 6.07) is 15.1. The van der Waals surface area contributed by atoms with Gasteiger partial charge in [0, 0.05) is 17.2 Å². The van der Waals surface area contributed by atoms with E-state index in [0.29, 0.717) is 53.2 Å². The number of rotatable bonds is 17. The van der Waals surface area contributed by atoms with E-state index in [2.05, 4.69) is 13.2 Å². The zero-order chi connectivity index (χ0) is 33.1. The fourth-order valence-electron chi connectivity index (χ4n) is 4.95. The molecule has 1 aliphatic carbocycles. The molecule has 0 aromatic heterocycles.